The predicted octanol–water partition coefficient (Wildman–Crippen LogP) is 15.4. The van der Waals surface area contributed by atoms with Gasteiger partial charge in [-0.05, 0) is 0 Å². The Balaban J connectivity index is 4.76. The van der Waals surface area contributed by atoms with E-state index in [2.05, 4.69) is 87.5 Å². The summed E-state index contributed by atoms with van der Waals surface area (Å²) in [5.41, 5.74) is 0.973. The molecular formula is C40H75F3OSiSn2. The third-order valence-corrected chi connectivity index (χ3v) is 49.5. The second kappa shape index (κ2) is 21.8. The van der Waals surface area contributed by atoms with Crippen molar-refractivity contribution >= 4 is 45.1 Å². The second-order valence-corrected chi connectivity index (χ2v) is 47.0. The Morgan fingerprint density at radius 1 is 0.617 bits per heavy atom. The number of halogens is 3. The molecular weight excluding hydrogens is 819 g/mol. The topological polar surface area (TPSA) is 9.23 Å². The van der Waals surface area contributed by atoms with Crippen LogP contribution in [-0.2, 0) is 4.43 Å². The fraction of sp³-hybridized carbons (Fsp3) is 0.800. The van der Waals surface area contributed by atoms with Gasteiger partial charge >= 0.3 is 302 Å². The van der Waals surface area contributed by atoms with Gasteiger partial charge in [0, 0.05) is 0 Å². The number of allylic oxidation sites excluding steroid dienone is 1. The van der Waals surface area contributed by atoms with Crippen LogP contribution < -0.4 is 0 Å². The molecule has 0 aromatic heterocycles. The Bertz CT molecular complexity index is 973. The van der Waals surface area contributed by atoms with Crippen LogP contribution in [0.25, 0.3) is 0 Å². The molecule has 1 aromatic rings. The minimum atomic E-state index is -4.31. The fourth-order valence-corrected chi connectivity index (χ4v) is 53.4. The Morgan fingerprint density at radius 2 is 0.957 bits per heavy atom. The van der Waals surface area contributed by atoms with E-state index in [0.717, 1.165) is 113 Å². The van der Waals surface area contributed by atoms with Crippen molar-refractivity contribution in [2.45, 2.75) is 196 Å². The van der Waals surface area contributed by atoms with Crippen LogP contribution in [0.5, 0.6) is 0 Å². The maximum absolute atomic E-state index is 16.8. The van der Waals surface area contributed by atoms with Crippen LogP contribution in [0.4, 0.5) is 13.2 Å². The molecule has 0 amide bonds. The Hall–Kier alpha value is 0.524. The summed E-state index contributed by atoms with van der Waals surface area (Å²) in [6.07, 6.45) is 7.06. The summed E-state index contributed by atoms with van der Waals surface area (Å²) in [6.45, 7) is 24.5. The molecule has 1 unspecified atom stereocenters. The summed E-state index contributed by atoms with van der Waals surface area (Å²) in [5, 5.41) is -0.106. The Labute approximate surface area is 299 Å². The average molecular weight is 895 g/mol. The first-order valence-electron chi connectivity index (χ1n) is 19.6. The molecule has 0 bridgehead atoms. The van der Waals surface area contributed by atoms with Crippen LogP contribution in [0, 0.1) is 0 Å². The number of hydrogen-bond acceptors (Lipinski definition) is 1. The summed E-state index contributed by atoms with van der Waals surface area (Å²) < 4.78 is 64.5. The number of alkyl halides is 3. The molecule has 0 N–H and O–H groups in total. The molecule has 1 rings (SSSR count). The minimum absolute atomic E-state index is 0.106. The van der Waals surface area contributed by atoms with E-state index in [-0.39, 0.29) is 8.63 Å². The van der Waals surface area contributed by atoms with Crippen LogP contribution in [0.3, 0.4) is 0 Å². The molecule has 0 aliphatic heterocycles. The number of benzene rings is 1. The van der Waals surface area contributed by atoms with Crippen molar-refractivity contribution in [3.05, 3.63) is 43.1 Å². The standard InChI is InChI=1S/C16H21F3OSi.6C4H9.2Sn/c1-15(2,3)21(4,5)20-14(11-12-16(17,18)19)13-9-7-6-8-10-13;6*1-3-4-2;;/h6-10,14H,1-5H3;6*1,3-4H2,2H3;;. The molecule has 47 heavy (non-hydrogen) atoms. The summed E-state index contributed by atoms with van der Waals surface area (Å²) in [7, 11) is -2.47. The van der Waals surface area contributed by atoms with Crippen LogP contribution in [0.1, 0.15) is 151 Å². The first-order chi connectivity index (χ1) is 22.1. The number of unbranched alkanes of at least 4 members (excludes halogenated alkanes) is 6. The maximum atomic E-state index is 16.8. The van der Waals surface area contributed by atoms with Gasteiger partial charge in [0.1, 0.15) is 0 Å². The summed E-state index contributed by atoms with van der Waals surface area (Å²) >= 11 is -7.86. The molecule has 0 aliphatic carbocycles. The average Bonchev–Trinajstić information content (AvgIpc) is 3.02. The van der Waals surface area contributed by atoms with Crippen LogP contribution in [0.2, 0.25) is 44.8 Å². The third-order valence-electron chi connectivity index (χ3n) is 11.3. The van der Waals surface area contributed by atoms with Crippen LogP contribution in [0.15, 0.2) is 37.5 Å². The van der Waals surface area contributed by atoms with Crippen LogP contribution >= 0.6 is 0 Å². The monoisotopic (exact) mass is 896 g/mol. The van der Waals surface area contributed by atoms with E-state index in [1.165, 1.54) is 0 Å². The van der Waals surface area contributed by atoms with E-state index >= 15 is 13.2 Å². The molecule has 0 saturated carbocycles. The van der Waals surface area contributed by atoms with E-state index in [1.54, 1.807) is 0 Å². The van der Waals surface area contributed by atoms with E-state index < -0.39 is 57.4 Å². The first-order valence-corrected chi connectivity index (χ1v) is 37.5. The predicted molar refractivity (Wildman–Crippen MR) is 210 cm³/mol. The quantitative estimate of drug-likeness (QED) is 0.0940. The molecule has 0 spiro atoms. The molecule has 0 heterocycles. The van der Waals surface area contributed by atoms with Crippen molar-refractivity contribution in [2.24, 2.45) is 0 Å². The Morgan fingerprint density at radius 3 is 1.26 bits per heavy atom. The van der Waals surface area contributed by atoms with Crippen molar-refractivity contribution in [3.8, 4) is 0 Å². The molecule has 1 aromatic carbocycles. The molecule has 0 radical (unpaired) electrons. The molecule has 274 valence electrons. The van der Waals surface area contributed by atoms with Gasteiger partial charge in [-0.1, -0.05) is 0 Å². The third kappa shape index (κ3) is 13.5. The summed E-state index contributed by atoms with van der Waals surface area (Å²) in [6, 6.07) is 10.3. The second-order valence-electron chi connectivity index (χ2n) is 16.1. The molecule has 1 atom stereocenters. The summed E-state index contributed by atoms with van der Waals surface area (Å²) in [4.78, 5) is 0. The zero-order valence-corrected chi connectivity index (χ0v) is 39.4. The van der Waals surface area contributed by atoms with Crippen molar-refractivity contribution in [2.75, 3.05) is 0 Å². The van der Waals surface area contributed by atoms with Crippen molar-refractivity contribution < 1.29 is 17.6 Å². The zero-order chi connectivity index (χ0) is 35.8. The van der Waals surface area contributed by atoms with Gasteiger partial charge in [-0.15, -0.1) is 0 Å². The molecule has 0 aliphatic rings. The van der Waals surface area contributed by atoms with Crippen LogP contribution in [-0.4, -0.2) is 51.2 Å². The van der Waals surface area contributed by atoms with Gasteiger partial charge in [0.2, 0.25) is 0 Å². The fourth-order valence-electron chi connectivity index (χ4n) is 7.43. The normalized spacial score (nSPS) is 14.8. The number of hydrogen-bond donors (Lipinski definition) is 0. The van der Waals surface area contributed by atoms with Crippen molar-refractivity contribution in [3.63, 3.8) is 0 Å². The van der Waals surface area contributed by atoms with E-state index in [9.17, 15) is 0 Å². The van der Waals surface area contributed by atoms with Gasteiger partial charge in [0.15, 0.2) is 0 Å². The van der Waals surface area contributed by atoms with E-state index in [4.69, 9.17) is 4.43 Å². The van der Waals surface area contributed by atoms with E-state index in [1.807, 2.05) is 18.2 Å². The number of rotatable bonds is 24. The van der Waals surface area contributed by atoms with Crippen molar-refractivity contribution in [1.82, 2.24) is 0 Å². The Kier molecular flexibility index (Phi) is 21.1. The van der Waals surface area contributed by atoms with Gasteiger partial charge in [0.25, 0.3) is 0 Å². The van der Waals surface area contributed by atoms with Gasteiger partial charge in [0.05, 0.1) is 0 Å². The van der Waals surface area contributed by atoms with Gasteiger partial charge in [-0.25, -0.2) is 0 Å². The zero-order valence-electron chi connectivity index (χ0n) is 32.7. The van der Waals surface area contributed by atoms with E-state index in [0.29, 0.717) is 0 Å². The summed E-state index contributed by atoms with van der Waals surface area (Å²) in [5.74, 6) is 0. The van der Waals surface area contributed by atoms with Gasteiger partial charge in [-0.2, -0.15) is 0 Å². The first kappa shape index (κ1) is 45.5. The van der Waals surface area contributed by atoms with Gasteiger partial charge < -0.3 is 0 Å². The molecule has 0 saturated heterocycles. The molecule has 1 nitrogen and oxygen atoms in total. The molecule has 0 fully saturated rings. The molecule has 7 heteroatoms. The van der Waals surface area contributed by atoms with Crippen molar-refractivity contribution in [1.29, 1.82) is 0 Å². The van der Waals surface area contributed by atoms with Gasteiger partial charge in [-0.3, -0.25) is 0 Å². The SMILES string of the molecule is CCC[CH2][Sn]([CH2]CCC)([CH2]CCC)/[C](=[C](/C(F)(F)F)[Sn]([CH2]CCC)([CH2]CCC)[CH2]CCC)C(O[Si](C)(C)C(C)(C)C)c1ccccc1.